The highest BCUT2D eigenvalue weighted by atomic mass is 32.2. The van der Waals surface area contributed by atoms with Gasteiger partial charge in [0.2, 0.25) is 0 Å². The van der Waals surface area contributed by atoms with Gasteiger partial charge in [0, 0.05) is 21.3 Å². The maximum absolute atomic E-state index is 12.1. The van der Waals surface area contributed by atoms with Crippen molar-refractivity contribution < 1.29 is 9.32 Å². The fourth-order valence-corrected chi connectivity index (χ4v) is 7.05. The lowest BCUT2D eigenvalue weighted by molar-refractivity contribution is 0.0530. The van der Waals surface area contributed by atoms with E-state index in [1.807, 2.05) is 0 Å². The number of fused-ring (bicyclic) bond motifs is 2. The van der Waals surface area contributed by atoms with E-state index in [0.29, 0.717) is 12.8 Å². The van der Waals surface area contributed by atoms with Gasteiger partial charge < -0.3 is 5.11 Å². The fraction of sp³-hybridized carbons (Fsp3) is 0.846. The number of hydrogen-bond donors (Lipinski definition) is 1. The van der Waals surface area contributed by atoms with E-state index < -0.39 is 24.5 Å². The molecule has 2 bridgehead atoms. The first-order valence-electron chi connectivity index (χ1n) is 6.56. The summed E-state index contributed by atoms with van der Waals surface area (Å²) in [5, 5.41) is 12.4. The van der Waals surface area contributed by atoms with Crippen molar-refractivity contribution in [2.24, 2.45) is 0 Å². The maximum atomic E-state index is 12.1. The Hall–Kier alpha value is 0.0669. The van der Waals surface area contributed by atoms with Gasteiger partial charge in [0.15, 0.2) is 0 Å². The van der Waals surface area contributed by atoms with Crippen molar-refractivity contribution >= 4 is 18.9 Å². The molecule has 98 valence electrons. The van der Waals surface area contributed by atoms with E-state index in [4.69, 9.17) is 0 Å². The fourth-order valence-electron chi connectivity index (χ4n) is 3.23. The van der Waals surface area contributed by atoms with Crippen LogP contribution in [0.4, 0.5) is 0 Å². The third-order valence-corrected chi connectivity index (χ3v) is 8.70. The lowest BCUT2D eigenvalue weighted by Crippen LogP contribution is -2.53. The van der Waals surface area contributed by atoms with Crippen molar-refractivity contribution in [2.75, 3.05) is 0 Å². The second kappa shape index (κ2) is 4.32. The minimum atomic E-state index is -1.53. The van der Waals surface area contributed by atoms with Crippen LogP contribution in [0.2, 0.25) is 19.6 Å². The van der Waals surface area contributed by atoms with Gasteiger partial charge in [-0.3, -0.25) is 4.21 Å². The third kappa shape index (κ3) is 2.44. The van der Waals surface area contributed by atoms with Crippen molar-refractivity contribution in [1.82, 2.24) is 0 Å². The number of aliphatic hydroxyl groups is 1. The quantitative estimate of drug-likeness (QED) is 0.785. The molecule has 2 saturated heterocycles. The van der Waals surface area contributed by atoms with Gasteiger partial charge in [-0.25, -0.2) is 0 Å². The Morgan fingerprint density at radius 1 is 1.29 bits per heavy atom. The minimum Gasteiger partial charge on any atom is -0.386 e. The smallest absolute Gasteiger partial charge is 0.0842 e. The zero-order chi connectivity index (χ0) is 12.8. The van der Waals surface area contributed by atoms with Gasteiger partial charge in [0.1, 0.15) is 0 Å². The average Bonchev–Trinajstić information content (AvgIpc) is 2.18. The van der Waals surface area contributed by atoms with Gasteiger partial charge in [-0.2, -0.15) is 0 Å². The topological polar surface area (TPSA) is 37.3 Å². The van der Waals surface area contributed by atoms with E-state index in [-0.39, 0.29) is 10.5 Å². The molecule has 2 rings (SSSR count). The summed E-state index contributed by atoms with van der Waals surface area (Å²) < 4.78 is 12.1. The summed E-state index contributed by atoms with van der Waals surface area (Å²) in [6.45, 7) is 10.9. The number of hydrogen-bond acceptors (Lipinski definition) is 2. The van der Waals surface area contributed by atoms with Crippen LogP contribution >= 0.6 is 0 Å². The third-order valence-electron chi connectivity index (χ3n) is 4.31. The average molecular weight is 272 g/mol. The monoisotopic (exact) mass is 272 g/mol. The molecule has 2 aliphatic heterocycles. The highest BCUT2D eigenvalue weighted by Gasteiger charge is 2.48. The minimum absolute atomic E-state index is 0.209. The predicted octanol–water partition coefficient (Wildman–Crippen LogP) is 2.61. The van der Waals surface area contributed by atoms with Gasteiger partial charge >= 0.3 is 0 Å². The molecule has 2 unspecified atom stereocenters. The molecule has 0 aromatic heterocycles. The molecule has 2 aliphatic rings. The van der Waals surface area contributed by atoms with Crippen LogP contribution in [0.3, 0.4) is 0 Å². The van der Waals surface area contributed by atoms with Crippen LogP contribution in [-0.4, -0.2) is 33.5 Å². The van der Waals surface area contributed by atoms with Crippen LogP contribution in [0.25, 0.3) is 0 Å². The highest BCUT2D eigenvalue weighted by molar-refractivity contribution is 7.86. The molecule has 0 spiro atoms. The summed E-state index contributed by atoms with van der Waals surface area (Å²) in [5.41, 5.74) is -0.728. The van der Waals surface area contributed by atoms with Gasteiger partial charge in [0.05, 0.1) is 13.7 Å². The molecule has 2 atom stereocenters. The second-order valence-corrected chi connectivity index (χ2v) is 13.8. The molecule has 17 heavy (non-hydrogen) atoms. The van der Waals surface area contributed by atoms with E-state index in [1.165, 1.54) is 6.42 Å². The molecule has 0 aliphatic carbocycles. The summed E-state index contributed by atoms with van der Waals surface area (Å²) in [5.74, 6) is 0. The van der Waals surface area contributed by atoms with Crippen LogP contribution in [0.1, 0.15) is 32.1 Å². The normalized spacial score (nSPS) is 42.2. The first kappa shape index (κ1) is 13.5. The van der Waals surface area contributed by atoms with Crippen molar-refractivity contribution in [3.8, 4) is 0 Å². The lowest BCUT2D eigenvalue weighted by atomic mass is 9.85. The zero-order valence-electron chi connectivity index (χ0n) is 11.2. The summed E-state index contributed by atoms with van der Waals surface area (Å²) in [7, 11) is -2.25. The molecular formula is C13H24O2SSi. The van der Waals surface area contributed by atoms with E-state index in [0.717, 1.165) is 18.0 Å². The van der Waals surface area contributed by atoms with Gasteiger partial charge in [-0.1, -0.05) is 31.3 Å². The second-order valence-electron chi connectivity index (χ2n) is 6.67. The van der Waals surface area contributed by atoms with Crippen LogP contribution in [0, 0.1) is 0 Å². The molecule has 0 amide bonds. The Labute approximate surface area is 108 Å². The highest BCUT2D eigenvalue weighted by Crippen LogP contribution is 2.44. The summed E-state index contributed by atoms with van der Waals surface area (Å²) in [6, 6.07) is 0. The lowest BCUT2D eigenvalue weighted by Gasteiger charge is -2.47. The number of rotatable bonds is 2. The molecule has 1 N–H and O–H groups in total. The molecule has 0 aromatic carbocycles. The zero-order valence-corrected chi connectivity index (χ0v) is 13.0. The van der Waals surface area contributed by atoms with E-state index in [1.54, 1.807) is 0 Å². The van der Waals surface area contributed by atoms with Crippen LogP contribution in [-0.2, 0) is 10.8 Å². The Bertz CT molecular complexity index is 343. The SMILES string of the molecule is C=C(C1(O)CC2CCCC(C1)S2=O)[Si](C)(C)C. The van der Waals surface area contributed by atoms with Crippen molar-refractivity contribution in [3.05, 3.63) is 11.8 Å². The van der Waals surface area contributed by atoms with Crippen molar-refractivity contribution in [1.29, 1.82) is 0 Å². The molecule has 0 aromatic rings. The van der Waals surface area contributed by atoms with Crippen LogP contribution < -0.4 is 0 Å². The van der Waals surface area contributed by atoms with Crippen LogP contribution in [0.15, 0.2) is 11.8 Å². The Balaban J connectivity index is 2.23. The molecular weight excluding hydrogens is 248 g/mol. The standard InChI is InChI=1S/C13H24O2SSi/c1-10(17(2,3)4)13(14)8-11-6-5-7-12(9-13)16(11)15/h11-12,14H,1,5-9H2,2-4H3. The summed E-state index contributed by atoms with van der Waals surface area (Å²) in [4.78, 5) is 0. The molecule has 2 nitrogen and oxygen atoms in total. The predicted molar refractivity (Wildman–Crippen MR) is 76.2 cm³/mol. The van der Waals surface area contributed by atoms with Gasteiger partial charge in [-0.15, -0.1) is 6.58 Å². The first-order valence-corrected chi connectivity index (χ1v) is 11.3. The molecule has 2 heterocycles. The largest absolute Gasteiger partial charge is 0.386 e. The maximum Gasteiger partial charge on any atom is 0.0842 e. The van der Waals surface area contributed by atoms with Crippen molar-refractivity contribution in [2.45, 2.75) is 67.8 Å². The van der Waals surface area contributed by atoms with Gasteiger partial charge in [-0.05, 0) is 25.7 Å². The first-order chi connectivity index (χ1) is 7.74. The molecule has 2 fully saturated rings. The summed E-state index contributed by atoms with van der Waals surface area (Å²) in [6.07, 6.45) is 4.57. The molecule has 0 radical (unpaired) electrons. The molecule has 0 saturated carbocycles. The van der Waals surface area contributed by atoms with E-state index >= 15 is 0 Å². The summed E-state index contributed by atoms with van der Waals surface area (Å²) >= 11 is 0. The van der Waals surface area contributed by atoms with Gasteiger partial charge in [0.25, 0.3) is 0 Å². The Morgan fingerprint density at radius 3 is 2.18 bits per heavy atom. The van der Waals surface area contributed by atoms with E-state index in [9.17, 15) is 9.32 Å². The van der Waals surface area contributed by atoms with E-state index in [2.05, 4.69) is 26.2 Å². The molecule has 4 heteroatoms. The Morgan fingerprint density at radius 2 is 1.76 bits per heavy atom. The Kier molecular flexibility index (Phi) is 3.43. The van der Waals surface area contributed by atoms with Crippen molar-refractivity contribution in [3.63, 3.8) is 0 Å². The van der Waals surface area contributed by atoms with Crippen LogP contribution in [0.5, 0.6) is 0 Å².